The van der Waals surface area contributed by atoms with E-state index in [0.717, 1.165) is 61.0 Å². The number of carbonyl (C=O) groups is 1. The van der Waals surface area contributed by atoms with Crippen LogP contribution in [0.15, 0.2) is 85.0 Å². The quantitative estimate of drug-likeness (QED) is 0.176. The van der Waals surface area contributed by atoms with Crippen molar-refractivity contribution < 1.29 is 42.7 Å². The van der Waals surface area contributed by atoms with Crippen LogP contribution in [0.5, 0.6) is 46.0 Å². The van der Waals surface area contributed by atoms with Gasteiger partial charge >= 0.3 is 0 Å². The lowest BCUT2D eigenvalue weighted by atomic mass is 9.88. The Morgan fingerprint density at radius 1 is 0.533 bits per heavy atom. The van der Waals surface area contributed by atoms with Gasteiger partial charge in [-0.3, -0.25) is 4.79 Å². The molecule has 0 saturated heterocycles. The predicted molar refractivity (Wildman–Crippen MR) is 243 cm³/mol. The number of fused-ring (bicyclic) bond motifs is 4. The zero-order valence-corrected chi connectivity index (χ0v) is 38.4. The summed E-state index contributed by atoms with van der Waals surface area (Å²) in [5, 5.41) is 0. The molecule has 316 valence electrons. The van der Waals surface area contributed by atoms with Gasteiger partial charge in [-0.25, -0.2) is 0 Å². The largest absolute Gasteiger partial charge is 0.497 e. The van der Waals surface area contributed by atoms with Crippen molar-refractivity contribution in [2.45, 2.75) is 84.7 Å². The molecule has 0 aromatic heterocycles. The fourth-order valence-corrected chi connectivity index (χ4v) is 7.95. The monoisotopic (exact) mass is 878 g/mol. The van der Waals surface area contributed by atoms with E-state index >= 15 is 0 Å². The molecule has 0 saturated carbocycles. The number of hydrogen-bond donors (Lipinski definition) is 0. The highest BCUT2D eigenvalue weighted by molar-refractivity contribution is 9.15. The lowest BCUT2D eigenvalue weighted by Gasteiger charge is -2.31. The maximum absolute atomic E-state index is 13.5. The highest BCUT2D eigenvalue weighted by atomic mass is 79.9. The summed E-state index contributed by atoms with van der Waals surface area (Å²) in [5.74, 6) is 6.10. The molecule has 4 aromatic carbocycles. The van der Waals surface area contributed by atoms with Gasteiger partial charge in [0.1, 0.15) is 56.9 Å². The number of rotatable bonds is 6. The van der Waals surface area contributed by atoms with E-state index in [1.165, 1.54) is 0 Å². The van der Waals surface area contributed by atoms with Gasteiger partial charge in [0, 0.05) is 43.9 Å². The number of methoxy groups -OCH3 is 4. The van der Waals surface area contributed by atoms with Crippen LogP contribution < -0.4 is 37.9 Å². The van der Waals surface area contributed by atoms with Crippen molar-refractivity contribution >= 4 is 43.9 Å². The van der Waals surface area contributed by atoms with Gasteiger partial charge < -0.3 is 37.9 Å². The predicted octanol–water partition coefficient (Wildman–Crippen LogP) is 12.1. The van der Waals surface area contributed by atoms with Crippen LogP contribution in [0.2, 0.25) is 0 Å². The molecule has 0 amide bonds. The maximum atomic E-state index is 13.5. The van der Waals surface area contributed by atoms with Gasteiger partial charge in [0.05, 0.1) is 28.4 Å². The highest BCUT2D eigenvalue weighted by Crippen LogP contribution is 2.45. The van der Waals surface area contributed by atoms with Crippen LogP contribution >= 0.6 is 15.9 Å². The molecule has 0 aliphatic carbocycles. The van der Waals surface area contributed by atoms with Crippen LogP contribution in [0.25, 0.3) is 22.2 Å². The van der Waals surface area contributed by atoms with Crippen LogP contribution in [-0.2, 0) is 0 Å². The molecule has 0 fully saturated rings. The molecule has 4 aliphatic heterocycles. The van der Waals surface area contributed by atoms with Crippen LogP contribution in [0, 0.1) is 6.92 Å². The molecule has 0 radical (unpaired) electrons. The Kier molecular flexibility index (Phi) is 12.3. The number of ketones is 1. The molecule has 0 N–H and O–H groups in total. The maximum Gasteiger partial charge on any atom is 0.193 e. The van der Waals surface area contributed by atoms with Gasteiger partial charge in [-0.05, 0) is 147 Å². The standard InChI is InChI=1S/C25H26O4.C13H15BrO3.C12H14O2/c1-15-11-22-18(13-21(15)27-6)19(14-25(4,5)29-22)23(26)17-7-8-20-16(12-17)9-10-24(2,3)28-20;1-13(2)7-9(14)8-5-11(15-3)12(16-4)6-10(8)17-13;1-12(2)7-6-9-8-10(13-3)4-5-11(9)14-12/h7-14H,1-6H3;5-7H,1-4H3;4-8H,1-3H3. The van der Waals surface area contributed by atoms with E-state index in [1.54, 1.807) is 28.4 Å². The lowest BCUT2D eigenvalue weighted by molar-refractivity contribution is 0.104. The zero-order valence-electron chi connectivity index (χ0n) is 36.8. The third-order valence-electron chi connectivity index (χ3n) is 10.1. The fraction of sp³-hybridized carbons (Fsp3) is 0.340. The van der Waals surface area contributed by atoms with Gasteiger partial charge in [0.2, 0.25) is 0 Å². The SMILES string of the molecule is COc1cc2c(cc1C)OC(C)(C)C=C2C(=O)c1ccc2c(c1)C=CC(C)(C)O2.COc1cc2c(cc1OC)C(Br)=CC(C)(C)O2.COc1ccc2c(c1)C=CC(C)(C)O2. The summed E-state index contributed by atoms with van der Waals surface area (Å²) in [6.45, 7) is 18.0. The van der Waals surface area contributed by atoms with E-state index in [0.29, 0.717) is 28.4 Å². The Labute approximate surface area is 362 Å². The molecule has 0 spiro atoms. The van der Waals surface area contributed by atoms with Crippen LogP contribution in [-0.4, -0.2) is 56.6 Å². The topological polar surface area (TPSA) is 90.9 Å². The number of benzene rings is 4. The minimum atomic E-state index is -0.583. The molecular weight excluding hydrogens is 824 g/mol. The second-order valence-corrected chi connectivity index (χ2v) is 17.9. The number of ether oxygens (including phenoxy) is 8. The van der Waals surface area contributed by atoms with Gasteiger partial charge in [-0.1, -0.05) is 28.1 Å². The summed E-state index contributed by atoms with van der Waals surface area (Å²) in [4.78, 5) is 13.5. The molecule has 9 nitrogen and oxygen atoms in total. The summed E-state index contributed by atoms with van der Waals surface area (Å²) in [5.41, 5.74) is 4.44. The number of Topliss-reactive ketones (excluding diaryl/α,β-unsaturated/α-hetero) is 1. The van der Waals surface area contributed by atoms with Crippen molar-refractivity contribution in [2.24, 2.45) is 0 Å². The first-order chi connectivity index (χ1) is 28.2. The first-order valence-corrected chi connectivity index (χ1v) is 20.5. The molecule has 4 heterocycles. The van der Waals surface area contributed by atoms with Crippen molar-refractivity contribution in [3.05, 3.63) is 118 Å². The normalized spacial score (nSPS) is 17.4. The first-order valence-electron chi connectivity index (χ1n) is 19.7. The third-order valence-corrected chi connectivity index (χ3v) is 10.7. The summed E-state index contributed by atoms with van der Waals surface area (Å²) in [7, 11) is 6.53. The van der Waals surface area contributed by atoms with Gasteiger partial charge in [0.15, 0.2) is 17.3 Å². The van der Waals surface area contributed by atoms with E-state index in [9.17, 15) is 4.79 Å². The highest BCUT2D eigenvalue weighted by Gasteiger charge is 2.32. The number of hydrogen-bond acceptors (Lipinski definition) is 9. The van der Waals surface area contributed by atoms with E-state index in [2.05, 4.69) is 28.1 Å². The van der Waals surface area contributed by atoms with E-state index in [-0.39, 0.29) is 22.6 Å². The minimum absolute atomic E-state index is 0.0467. The van der Waals surface area contributed by atoms with Crippen LogP contribution in [0.4, 0.5) is 0 Å². The zero-order chi connectivity index (χ0) is 43.8. The number of carbonyl (C=O) groups excluding carboxylic acids is 1. The number of halogens is 1. The van der Waals surface area contributed by atoms with Gasteiger partial charge in [0.25, 0.3) is 0 Å². The van der Waals surface area contributed by atoms with Crippen molar-refractivity contribution in [3.63, 3.8) is 0 Å². The van der Waals surface area contributed by atoms with E-state index in [4.69, 9.17) is 37.9 Å². The van der Waals surface area contributed by atoms with Crippen molar-refractivity contribution in [3.8, 4) is 46.0 Å². The van der Waals surface area contributed by atoms with Crippen LogP contribution in [0.3, 0.4) is 0 Å². The summed E-state index contributed by atoms with van der Waals surface area (Å²) in [6.07, 6.45) is 12.1. The van der Waals surface area contributed by atoms with E-state index < -0.39 is 5.60 Å². The molecule has 60 heavy (non-hydrogen) atoms. The van der Waals surface area contributed by atoms with Crippen molar-refractivity contribution in [1.29, 1.82) is 0 Å². The smallest absolute Gasteiger partial charge is 0.193 e. The molecule has 8 rings (SSSR count). The molecule has 0 unspecified atom stereocenters. The molecule has 0 bridgehead atoms. The number of allylic oxidation sites excluding steroid dienone is 1. The number of aryl methyl sites for hydroxylation is 1. The Bertz CT molecular complexity index is 2430. The second kappa shape index (κ2) is 16.8. The molecule has 0 atom stereocenters. The summed E-state index contributed by atoms with van der Waals surface area (Å²) in [6, 6.07) is 19.0. The molecule has 4 aliphatic rings. The average molecular weight is 880 g/mol. The summed E-state index contributed by atoms with van der Waals surface area (Å²) >= 11 is 3.56. The average Bonchev–Trinajstić information content (AvgIpc) is 3.18. The molecular formula is C50H55BrO9. The van der Waals surface area contributed by atoms with E-state index in [1.807, 2.05) is 147 Å². The van der Waals surface area contributed by atoms with Crippen LogP contribution in [0.1, 0.15) is 93.6 Å². The molecule has 4 aromatic rings. The first kappa shape index (κ1) is 44.0. The Morgan fingerprint density at radius 2 is 1.03 bits per heavy atom. The van der Waals surface area contributed by atoms with Crippen molar-refractivity contribution in [2.75, 3.05) is 28.4 Å². The molecule has 10 heteroatoms. The third kappa shape index (κ3) is 9.87. The minimum Gasteiger partial charge on any atom is -0.497 e. The second-order valence-electron chi connectivity index (χ2n) is 17.0. The Morgan fingerprint density at radius 3 is 1.62 bits per heavy atom. The summed E-state index contributed by atoms with van der Waals surface area (Å²) < 4.78 is 45.9. The Hall–Kier alpha value is -5.61. The Balaban J connectivity index is 0.000000165. The lowest BCUT2D eigenvalue weighted by Crippen LogP contribution is -2.30. The van der Waals surface area contributed by atoms with Gasteiger partial charge in [-0.2, -0.15) is 0 Å². The van der Waals surface area contributed by atoms with Gasteiger partial charge in [-0.15, -0.1) is 0 Å². The van der Waals surface area contributed by atoms with Crippen molar-refractivity contribution in [1.82, 2.24) is 0 Å². The fourth-order valence-electron chi connectivity index (χ4n) is 7.09.